The molecule has 1 atom stereocenters. The molecule has 1 aliphatic rings. The number of carbonyl (C=O) groups is 1. The van der Waals surface area contributed by atoms with E-state index in [-0.39, 0.29) is 29.5 Å². The molecular weight excluding hydrogens is 369 g/mol. The van der Waals surface area contributed by atoms with E-state index in [4.69, 9.17) is 21.7 Å². The normalized spacial score (nSPS) is 18.0. The van der Waals surface area contributed by atoms with Crippen molar-refractivity contribution in [2.75, 3.05) is 27.4 Å². The summed E-state index contributed by atoms with van der Waals surface area (Å²) in [6.07, 6.45) is -4.57. The Labute approximate surface area is 154 Å². The van der Waals surface area contributed by atoms with Gasteiger partial charge in [-0.3, -0.25) is 0 Å². The third-order valence-corrected chi connectivity index (χ3v) is 4.46. The van der Waals surface area contributed by atoms with Crippen LogP contribution in [-0.2, 0) is 20.4 Å². The number of rotatable bonds is 5. The Kier molecular flexibility index (Phi) is 6.25. The fourth-order valence-electron chi connectivity index (χ4n) is 2.64. The molecule has 0 saturated carbocycles. The average molecular weight is 388 g/mol. The Bertz CT molecular complexity index is 734. The molecule has 1 heterocycles. The lowest BCUT2D eigenvalue weighted by atomic mass is 9.91. The van der Waals surface area contributed by atoms with Gasteiger partial charge in [-0.25, -0.2) is 4.79 Å². The van der Waals surface area contributed by atoms with Crippen molar-refractivity contribution in [1.82, 2.24) is 10.2 Å². The summed E-state index contributed by atoms with van der Waals surface area (Å²) in [7, 11) is 3.08. The van der Waals surface area contributed by atoms with Gasteiger partial charge in [0.25, 0.3) is 0 Å². The molecule has 1 aliphatic heterocycles. The van der Waals surface area contributed by atoms with Crippen LogP contribution in [0.2, 0.25) is 0 Å². The lowest BCUT2D eigenvalue weighted by Crippen LogP contribution is -2.46. The van der Waals surface area contributed by atoms with Crippen LogP contribution in [-0.4, -0.2) is 43.4 Å². The predicted molar refractivity (Wildman–Crippen MR) is 93.2 cm³/mol. The molecule has 1 aromatic carbocycles. The third kappa shape index (κ3) is 4.16. The van der Waals surface area contributed by atoms with Crippen LogP contribution >= 0.6 is 12.2 Å². The maximum absolute atomic E-state index is 13.4. The second kappa shape index (κ2) is 8.05. The van der Waals surface area contributed by atoms with Crippen molar-refractivity contribution in [2.45, 2.75) is 19.1 Å². The number of methoxy groups -OCH3 is 1. The Hall–Kier alpha value is -2.13. The van der Waals surface area contributed by atoms with Crippen molar-refractivity contribution in [3.63, 3.8) is 0 Å². The highest BCUT2D eigenvalue weighted by atomic mass is 32.1. The molecule has 0 aliphatic carbocycles. The highest BCUT2D eigenvalue weighted by Gasteiger charge is 2.40. The Morgan fingerprint density at radius 3 is 2.58 bits per heavy atom. The standard InChI is InChI=1S/C17H19F3N2O3S/c1-10-13(15(23)25-9-8-24-3)14(21-16(26)22(10)2)11-6-4-5-7-12(11)17(18,19)20/h4-7,14H,8-9H2,1-3H3,(H,21,26). The highest BCUT2D eigenvalue weighted by Crippen LogP contribution is 2.39. The third-order valence-electron chi connectivity index (χ3n) is 4.07. The van der Waals surface area contributed by atoms with E-state index >= 15 is 0 Å². The minimum Gasteiger partial charge on any atom is -0.460 e. The van der Waals surface area contributed by atoms with Crippen LogP contribution in [0, 0.1) is 0 Å². The molecule has 0 spiro atoms. The lowest BCUT2D eigenvalue weighted by Gasteiger charge is -2.36. The highest BCUT2D eigenvalue weighted by molar-refractivity contribution is 7.80. The smallest absolute Gasteiger partial charge is 0.416 e. The number of hydrogen-bond acceptors (Lipinski definition) is 4. The van der Waals surface area contributed by atoms with Gasteiger partial charge >= 0.3 is 12.1 Å². The van der Waals surface area contributed by atoms with Crippen LogP contribution in [0.4, 0.5) is 13.2 Å². The van der Waals surface area contributed by atoms with E-state index in [9.17, 15) is 18.0 Å². The van der Waals surface area contributed by atoms with Crippen molar-refractivity contribution < 1.29 is 27.4 Å². The zero-order chi connectivity index (χ0) is 19.5. The molecule has 1 N–H and O–H groups in total. The zero-order valence-corrected chi connectivity index (χ0v) is 15.3. The minimum absolute atomic E-state index is 0.00604. The van der Waals surface area contributed by atoms with Crippen molar-refractivity contribution >= 4 is 23.3 Å². The van der Waals surface area contributed by atoms with Gasteiger partial charge in [-0.1, -0.05) is 18.2 Å². The van der Waals surface area contributed by atoms with Crippen molar-refractivity contribution in [3.8, 4) is 0 Å². The summed E-state index contributed by atoms with van der Waals surface area (Å²) in [5.41, 5.74) is -0.416. The summed E-state index contributed by atoms with van der Waals surface area (Å²) in [6.45, 7) is 1.79. The summed E-state index contributed by atoms with van der Waals surface area (Å²) in [4.78, 5) is 14.1. The van der Waals surface area contributed by atoms with Crippen molar-refractivity contribution in [3.05, 3.63) is 46.7 Å². The first-order valence-electron chi connectivity index (χ1n) is 7.75. The molecule has 26 heavy (non-hydrogen) atoms. The Morgan fingerprint density at radius 2 is 1.96 bits per heavy atom. The molecular formula is C17H19F3N2O3S. The number of carbonyl (C=O) groups excluding carboxylic acids is 1. The first-order valence-corrected chi connectivity index (χ1v) is 8.16. The number of benzene rings is 1. The molecule has 0 saturated heterocycles. The Morgan fingerprint density at radius 1 is 1.31 bits per heavy atom. The van der Waals surface area contributed by atoms with E-state index in [0.717, 1.165) is 6.07 Å². The number of hydrogen-bond donors (Lipinski definition) is 1. The van der Waals surface area contributed by atoms with Crippen molar-refractivity contribution in [1.29, 1.82) is 0 Å². The summed E-state index contributed by atoms with van der Waals surface area (Å²) < 4.78 is 50.3. The quantitative estimate of drug-likeness (QED) is 0.475. The molecule has 0 fully saturated rings. The molecule has 0 aromatic heterocycles. The number of nitrogens with zero attached hydrogens (tertiary/aromatic N) is 1. The monoisotopic (exact) mass is 388 g/mol. The fourth-order valence-corrected chi connectivity index (χ4v) is 2.89. The van der Waals surface area contributed by atoms with Gasteiger partial charge in [0.2, 0.25) is 0 Å². The number of nitrogens with one attached hydrogen (secondary N) is 1. The maximum atomic E-state index is 13.4. The number of allylic oxidation sites excluding steroid dienone is 1. The van der Waals surface area contributed by atoms with Gasteiger partial charge in [0.1, 0.15) is 6.61 Å². The minimum atomic E-state index is -4.57. The van der Waals surface area contributed by atoms with Gasteiger partial charge in [0, 0.05) is 19.9 Å². The predicted octanol–water partition coefficient (Wildman–Crippen LogP) is 3.03. The molecule has 9 heteroatoms. The molecule has 1 unspecified atom stereocenters. The summed E-state index contributed by atoms with van der Waals surface area (Å²) in [5, 5.41) is 3.03. The molecule has 2 rings (SSSR count). The van der Waals surface area contributed by atoms with Crippen LogP contribution in [0.15, 0.2) is 35.5 Å². The van der Waals surface area contributed by atoms with Gasteiger partial charge in [-0.05, 0) is 30.8 Å². The van der Waals surface area contributed by atoms with Gasteiger partial charge in [0.05, 0.1) is 23.8 Å². The van der Waals surface area contributed by atoms with E-state index in [0.29, 0.717) is 5.70 Å². The number of halogens is 3. The number of alkyl halides is 3. The molecule has 0 radical (unpaired) electrons. The molecule has 142 valence electrons. The fraction of sp³-hybridized carbons (Fsp3) is 0.412. The second-order valence-electron chi connectivity index (χ2n) is 5.65. The molecule has 1 aromatic rings. The SMILES string of the molecule is COCCOC(=O)C1=C(C)N(C)C(=S)NC1c1ccccc1C(F)(F)F. The summed E-state index contributed by atoms with van der Waals surface area (Å²) >= 11 is 5.19. The largest absolute Gasteiger partial charge is 0.460 e. The van der Waals surface area contributed by atoms with Gasteiger partial charge < -0.3 is 19.7 Å². The van der Waals surface area contributed by atoms with E-state index in [1.807, 2.05) is 0 Å². The first kappa shape index (κ1) is 20.2. The van der Waals surface area contributed by atoms with Crippen LogP contribution in [0.25, 0.3) is 0 Å². The topological polar surface area (TPSA) is 50.8 Å². The first-order chi connectivity index (χ1) is 12.2. The maximum Gasteiger partial charge on any atom is 0.416 e. The van der Waals surface area contributed by atoms with Crippen LogP contribution in [0.1, 0.15) is 24.1 Å². The number of ether oxygens (including phenoxy) is 2. The lowest BCUT2D eigenvalue weighted by molar-refractivity contribution is -0.142. The molecule has 0 amide bonds. The van der Waals surface area contributed by atoms with Gasteiger partial charge in [-0.2, -0.15) is 13.2 Å². The van der Waals surface area contributed by atoms with Crippen LogP contribution in [0.3, 0.4) is 0 Å². The van der Waals surface area contributed by atoms with E-state index in [1.165, 1.54) is 30.2 Å². The van der Waals surface area contributed by atoms with E-state index < -0.39 is 23.8 Å². The molecule has 0 bridgehead atoms. The van der Waals surface area contributed by atoms with Gasteiger partial charge in [0.15, 0.2) is 5.11 Å². The van der Waals surface area contributed by atoms with Crippen LogP contribution in [0.5, 0.6) is 0 Å². The summed E-state index contributed by atoms with van der Waals surface area (Å²) in [5.74, 6) is -0.719. The van der Waals surface area contributed by atoms with Gasteiger partial charge in [-0.15, -0.1) is 0 Å². The molecule has 5 nitrogen and oxygen atoms in total. The second-order valence-corrected chi connectivity index (χ2v) is 6.04. The van der Waals surface area contributed by atoms with Crippen molar-refractivity contribution in [2.24, 2.45) is 0 Å². The van der Waals surface area contributed by atoms with E-state index in [1.54, 1.807) is 14.0 Å². The summed E-state index contributed by atoms with van der Waals surface area (Å²) in [6, 6.07) is 4.02. The Balaban J connectivity index is 2.52. The van der Waals surface area contributed by atoms with E-state index in [2.05, 4.69) is 5.32 Å². The number of esters is 1. The average Bonchev–Trinajstić information content (AvgIpc) is 2.58. The zero-order valence-electron chi connectivity index (χ0n) is 14.5. The van der Waals surface area contributed by atoms with Crippen LogP contribution < -0.4 is 5.32 Å². The number of thiocarbonyl (C=S) groups is 1.